The zero-order valence-corrected chi connectivity index (χ0v) is 14.5. The predicted molar refractivity (Wildman–Crippen MR) is 94.1 cm³/mol. The average molecular weight is 354 g/mol. The highest BCUT2D eigenvalue weighted by Crippen LogP contribution is 2.36. The van der Waals surface area contributed by atoms with Gasteiger partial charge < -0.3 is 4.90 Å². The highest BCUT2D eigenvalue weighted by molar-refractivity contribution is 7.19. The summed E-state index contributed by atoms with van der Waals surface area (Å²) in [5, 5.41) is 0.701. The van der Waals surface area contributed by atoms with Gasteiger partial charge in [-0.25, -0.2) is 0 Å². The first kappa shape index (κ1) is 15.9. The molecule has 1 aromatic carbocycles. The SMILES string of the molecule is O=C(c1cc(-c2ccc(Cl)cc2)sc1Cl)N1CCCCCC1. The predicted octanol–water partition coefficient (Wildman–Crippen LogP) is 5.74. The van der Waals surface area contributed by atoms with E-state index in [2.05, 4.69) is 0 Å². The van der Waals surface area contributed by atoms with Gasteiger partial charge in [0.2, 0.25) is 0 Å². The maximum absolute atomic E-state index is 12.7. The van der Waals surface area contributed by atoms with Gasteiger partial charge in [0.25, 0.3) is 5.91 Å². The number of nitrogens with zero attached hydrogens (tertiary/aromatic N) is 1. The summed E-state index contributed by atoms with van der Waals surface area (Å²) in [6, 6.07) is 9.50. The van der Waals surface area contributed by atoms with Crippen molar-refractivity contribution in [3.63, 3.8) is 0 Å². The summed E-state index contributed by atoms with van der Waals surface area (Å²) in [6.45, 7) is 1.67. The summed E-state index contributed by atoms with van der Waals surface area (Å²) in [5.74, 6) is 0.0587. The molecule has 3 rings (SSSR count). The Morgan fingerprint density at radius 3 is 2.27 bits per heavy atom. The first-order valence-corrected chi connectivity index (χ1v) is 9.07. The first-order valence-electron chi connectivity index (χ1n) is 7.50. The van der Waals surface area contributed by atoms with Crippen LogP contribution < -0.4 is 0 Å². The summed E-state index contributed by atoms with van der Waals surface area (Å²) in [6.07, 6.45) is 4.57. The second-order valence-electron chi connectivity index (χ2n) is 5.51. The van der Waals surface area contributed by atoms with Crippen molar-refractivity contribution in [1.29, 1.82) is 0 Å². The van der Waals surface area contributed by atoms with Crippen LogP contribution >= 0.6 is 34.5 Å². The second-order valence-corrected chi connectivity index (χ2v) is 7.60. The third-order valence-electron chi connectivity index (χ3n) is 3.94. The van der Waals surface area contributed by atoms with E-state index in [1.807, 2.05) is 35.2 Å². The normalized spacial score (nSPS) is 15.6. The van der Waals surface area contributed by atoms with Crippen LogP contribution in [0.3, 0.4) is 0 Å². The van der Waals surface area contributed by atoms with Crippen LogP contribution in [-0.2, 0) is 0 Å². The highest BCUT2D eigenvalue weighted by Gasteiger charge is 2.22. The maximum Gasteiger partial charge on any atom is 0.256 e. The molecule has 1 fully saturated rings. The number of halogens is 2. The number of hydrogen-bond donors (Lipinski definition) is 0. The van der Waals surface area contributed by atoms with Crippen molar-refractivity contribution >= 4 is 40.4 Å². The molecular formula is C17H17Cl2NOS. The number of likely N-dealkylation sites (tertiary alicyclic amines) is 1. The summed E-state index contributed by atoms with van der Waals surface area (Å²) in [4.78, 5) is 15.6. The van der Waals surface area contributed by atoms with Crippen LogP contribution in [-0.4, -0.2) is 23.9 Å². The highest BCUT2D eigenvalue weighted by atomic mass is 35.5. The number of carbonyl (C=O) groups is 1. The van der Waals surface area contributed by atoms with Crippen LogP contribution in [0, 0.1) is 0 Å². The van der Waals surface area contributed by atoms with E-state index in [4.69, 9.17) is 23.2 Å². The van der Waals surface area contributed by atoms with Crippen LogP contribution in [0.2, 0.25) is 9.36 Å². The lowest BCUT2D eigenvalue weighted by Crippen LogP contribution is -2.31. The van der Waals surface area contributed by atoms with Crippen LogP contribution in [0.5, 0.6) is 0 Å². The smallest absolute Gasteiger partial charge is 0.256 e. The first-order chi connectivity index (χ1) is 10.6. The van der Waals surface area contributed by atoms with Crippen molar-refractivity contribution in [3.05, 3.63) is 45.3 Å². The van der Waals surface area contributed by atoms with E-state index < -0.39 is 0 Å². The number of amides is 1. The lowest BCUT2D eigenvalue weighted by Gasteiger charge is -2.19. The Morgan fingerprint density at radius 1 is 1.00 bits per heavy atom. The van der Waals surface area contributed by atoms with E-state index in [0.717, 1.165) is 36.4 Å². The van der Waals surface area contributed by atoms with Gasteiger partial charge in [0.15, 0.2) is 0 Å². The van der Waals surface area contributed by atoms with Gasteiger partial charge >= 0.3 is 0 Å². The minimum absolute atomic E-state index is 0.0587. The third kappa shape index (κ3) is 3.48. The van der Waals surface area contributed by atoms with Crippen molar-refractivity contribution in [2.45, 2.75) is 25.7 Å². The summed E-state index contributed by atoms with van der Waals surface area (Å²) >= 11 is 13.7. The van der Waals surface area contributed by atoms with Crippen molar-refractivity contribution in [2.24, 2.45) is 0 Å². The molecule has 0 radical (unpaired) electrons. The van der Waals surface area contributed by atoms with Gasteiger partial charge in [-0.05, 0) is 36.6 Å². The molecule has 0 aliphatic carbocycles. The molecule has 1 aromatic heterocycles. The molecule has 0 N–H and O–H groups in total. The minimum Gasteiger partial charge on any atom is -0.339 e. The topological polar surface area (TPSA) is 20.3 Å². The van der Waals surface area contributed by atoms with Gasteiger partial charge in [-0.3, -0.25) is 4.79 Å². The average Bonchev–Trinajstić information content (AvgIpc) is 2.74. The Labute approximate surface area is 144 Å². The Morgan fingerprint density at radius 2 is 1.64 bits per heavy atom. The molecule has 5 heteroatoms. The van der Waals surface area contributed by atoms with Gasteiger partial charge in [0.05, 0.1) is 5.56 Å². The Balaban J connectivity index is 1.85. The fourth-order valence-corrected chi connectivity index (χ4v) is 4.11. The van der Waals surface area contributed by atoms with E-state index >= 15 is 0 Å². The van der Waals surface area contributed by atoms with Gasteiger partial charge in [-0.15, -0.1) is 11.3 Å². The number of carbonyl (C=O) groups excluding carboxylic acids is 1. The van der Waals surface area contributed by atoms with Crippen molar-refractivity contribution in [2.75, 3.05) is 13.1 Å². The zero-order valence-electron chi connectivity index (χ0n) is 12.1. The Bertz CT molecular complexity index is 658. The lowest BCUT2D eigenvalue weighted by atomic mass is 10.1. The molecule has 116 valence electrons. The molecule has 0 unspecified atom stereocenters. The summed E-state index contributed by atoms with van der Waals surface area (Å²) < 4.78 is 0.569. The molecule has 1 aliphatic heterocycles. The Kier molecular flexibility index (Phi) is 5.07. The van der Waals surface area contributed by atoms with Gasteiger partial charge in [0.1, 0.15) is 4.34 Å². The molecule has 2 nitrogen and oxygen atoms in total. The standard InChI is InChI=1S/C17H17Cl2NOS/c18-13-7-5-12(6-8-13)15-11-14(16(19)22-15)17(21)20-9-3-1-2-4-10-20/h5-8,11H,1-4,9-10H2. The van der Waals surface area contributed by atoms with E-state index in [-0.39, 0.29) is 5.91 Å². The lowest BCUT2D eigenvalue weighted by molar-refractivity contribution is 0.0762. The second kappa shape index (κ2) is 7.03. The van der Waals surface area contributed by atoms with Gasteiger partial charge in [0, 0.05) is 23.0 Å². The molecular weight excluding hydrogens is 337 g/mol. The number of rotatable bonds is 2. The minimum atomic E-state index is 0.0587. The molecule has 0 spiro atoms. The van der Waals surface area contributed by atoms with Gasteiger partial charge in [-0.1, -0.05) is 48.2 Å². The monoisotopic (exact) mass is 353 g/mol. The summed E-state index contributed by atoms with van der Waals surface area (Å²) in [5.41, 5.74) is 1.66. The van der Waals surface area contributed by atoms with E-state index in [0.29, 0.717) is 14.9 Å². The van der Waals surface area contributed by atoms with Crippen LogP contribution in [0.1, 0.15) is 36.0 Å². The van der Waals surface area contributed by atoms with Gasteiger partial charge in [-0.2, -0.15) is 0 Å². The molecule has 2 heterocycles. The summed E-state index contributed by atoms with van der Waals surface area (Å²) in [7, 11) is 0. The molecule has 0 saturated carbocycles. The molecule has 22 heavy (non-hydrogen) atoms. The molecule has 0 bridgehead atoms. The molecule has 1 aliphatic rings. The van der Waals surface area contributed by atoms with Crippen molar-refractivity contribution in [3.8, 4) is 10.4 Å². The maximum atomic E-state index is 12.7. The van der Waals surface area contributed by atoms with Crippen LogP contribution in [0.25, 0.3) is 10.4 Å². The Hall–Kier alpha value is -1.03. The fraction of sp³-hybridized carbons (Fsp3) is 0.353. The molecule has 2 aromatic rings. The van der Waals surface area contributed by atoms with Crippen LogP contribution in [0.4, 0.5) is 0 Å². The van der Waals surface area contributed by atoms with Crippen molar-refractivity contribution in [1.82, 2.24) is 4.90 Å². The zero-order chi connectivity index (χ0) is 15.5. The fourth-order valence-electron chi connectivity index (χ4n) is 2.72. The molecule has 1 amide bonds. The molecule has 1 saturated heterocycles. The van der Waals surface area contributed by atoms with Crippen LogP contribution in [0.15, 0.2) is 30.3 Å². The number of hydrogen-bond acceptors (Lipinski definition) is 2. The number of thiophene rings is 1. The van der Waals surface area contributed by atoms with E-state index in [1.165, 1.54) is 24.2 Å². The van der Waals surface area contributed by atoms with Crippen molar-refractivity contribution < 1.29 is 4.79 Å². The van der Waals surface area contributed by atoms with E-state index in [1.54, 1.807) is 0 Å². The number of benzene rings is 1. The largest absolute Gasteiger partial charge is 0.339 e. The van der Waals surface area contributed by atoms with E-state index in [9.17, 15) is 4.79 Å². The molecule has 0 atom stereocenters. The third-order valence-corrected chi connectivity index (χ3v) is 5.60. The quantitative estimate of drug-likeness (QED) is 0.674.